The Balaban J connectivity index is 2.52. The van der Waals surface area contributed by atoms with Gasteiger partial charge in [-0.3, -0.25) is 10.1 Å². The third-order valence-corrected chi connectivity index (χ3v) is 4.16. The molecule has 0 saturated carbocycles. The second kappa shape index (κ2) is 7.85. The van der Waals surface area contributed by atoms with E-state index in [4.69, 9.17) is 0 Å². The number of likely N-dealkylation sites (N-methyl/N-ethyl adjacent to an activating group) is 1. The first-order valence-electron chi connectivity index (χ1n) is 7.78. The molecular weight excluding hydrogens is 238 g/mol. The summed E-state index contributed by atoms with van der Waals surface area (Å²) in [5.74, 6) is 0.303. The van der Waals surface area contributed by atoms with E-state index in [-0.39, 0.29) is 12.2 Å². The molecule has 1 rings (SSSR count). The lowest BCUT2D eigenvalue weighted by Gasteiger charge is -2.27. The molecule has 0 aliphatic carbocycles. The lowest BCUT2D eigenvalue weighted by Crippen LogP contribution is -2.42. The van der Waals surface area contributed by atoms with Crippen molar-refractivity contribution in [2.24, 2.45) is 0 Å². The molecule has 2 atom stereocenters. The molecule has 19 heavy (non-hydrogen) atoms. The van der Waals surface area contributed by atoms with Crippen LogP contribution < -0.4 is 5.32 Å². The molecule has 0 spiro atoms. The molecule has 1 amide bonds. The molecule has 1 fully saturated rings. The Bertz CT molecular complexity index is 281. The molecule has 1 N–H and O–H groups in total. The average molecular weight is 269 g/mol. The Kier molecular flexibility index (Phi) is 6.80. The molecule has 0 bridgehead atoms. The summed E-state index contributed by atoms with van der Waals surface area (Å²) in [6.07, 6.45) is 4.47. The van der Waals surface area contributed by atoms with E-state index >= 15 is 0 Å². The van der Waals surface area contributed by atoms with Gasteiger partial charge in [-0.1, -0.05) is 26.7 Å². The van der Waals surface area contributed by atoms with E-state index in [0.717, 1.165) is 38.8 Å². The Hall–Kier alpha value is -0.610. The minimum Gasteiger partial charge on any atom is -0.325 e. The van der Waals surface area contributed by atoms with Crippen molar-refractivity contribution < 1.29 is 4.79 Å². The molecule has 1 saturated heterocycles. The zero-order valence-corrected chi connectivity index (χ0v) is 13.3. The average Bonchev–Trinajstić information content (AvgIpc) is 2.69. The van der Waals surface area contributed by atoms with Crippen LogP contribution in [0.25, 0.3) is 0 Å². The quantitative estimate of drug-likeness (QED) is 0.732. The van der Waals surface area contributed by atoms with Crippen LogP contribution in [0.1, 0.15) is 53.4 Å². The van der Waals surface area contributed by atoms with Crippen molar-refractivity contribution in [2.45, 2.75) is 71.6 Å². The highest BCUT2D eigenvalue weighted by atomic mass is 16.2. The molecule has 0 radical (unpaired) electrons. The maximum absolute atomic E-state index is 12.4. The fourth-order valence-electron chi connectivity index (χ4n) is 2.49. The van der Waals surface area contributed by atoms with Crippen LogP contribution in [0.4, 0.5) is 0 Å². The standard InChI is InChI=1S/C15H31N3O/c1-6-8-9-13-15(19)18(14(7-2)16-13)11-10-17(5)12(3)4/h12-14,16H,6-11H2,1-5H3. The predicted molar refractivity (Wildman–Crippen MR) is 80.0 cm³/mol. The van der Waals surface area contributed by atoms with E-state index in [1.807, 2.05) is 4.90 Å². The first-order chi connectivity index (χ1) is 9.01. The molecule has 112 valence electrons. The highest BCUT2D eigenvalue weighted by molar-refractivity contribution is 5.84. The Morgan fingerprint density at radius 2 is 2.05 bits per heavy atom. The number of nitrogens with one attached hydrogen (secondary N) is 1. The van der Waals surface area contributed by atoms with E-state index in [9.17, 15) is 4.79 Å². The van der Waals surface area contributed by atoms with Crippen molar-refractivity contribution in [2.75, 3.05) is 20.1 Å². The van der Waals surface area contributed by atoms with Gasteiger partial charge in [0.05, 0.1) is 12.2 Å². The molecule has 4 heteroatoms. The van der Waals surface area contributed by atoms with Crippen molar-refractivity contribution in [3.05, 3.63) is 0 Å². The number of hydrogen-bond donors (Lipinski definition) is 1. The van der Waals surface area contributed by atoms with Crippen LogP contribution in [0.2, 0.25) is 0 Å². The van der Waals surface area contributed by atoms with Crippen LogP contribution in [-0.4, -0.2) is 54.1 Å². The summed E-state index contributed by atoms with van der Waals surface area (Å²) >= 11 is 0. The fourth-order valence-corrected chi connectivity index (χ4v) is 2.49. The lowest BCUT2D eigenvalue weighted by molar-refractivity contribution is -0.130. The highest BCUT2D eigenvalue weighted by Crippen LogP contribution is 2.17. The van der Waals surface area contributed by atoms with E-state index in [2.05, 4.69) is 45.0 Å². The van der Waals surface area contributed by atoms with Gasteiger partial charge in [0.15, 0.2) is 0 Å². The van der Waals surface area contributed by atoms with Crippen LogP contribution in [0.5, 0.6) is 0 Å². The monoisotopic (exact) mass is 269 g/mol. The minimum atomic E-state index is 0.0502. The van der Waals surface area contributed by atoms with Crippen molar-refractivity contribution in [1.29, 1.82) is 0 Å². The first-order valence-corrected chi connectivity index (χ1v) is 7.78. The van der Waals surface area contributed by atoms with Gasteiger partial charge >= 0.3 is 0 Å². The molecule has 1 aliphatic rings. The zero-order valence-electron chi connectivity index (χ0n) is 13.3. The molecule has 4 nitrogen and oxygen atoms in total. The molecule has 0 aromatic rings. The SMILES string of the molecule is CCCCC1NC(CC)N(CCN(C)C(C)C)C1=O. The van der Waals surface area contributed by atoms with Gasteiger partial charge < -0.3 is 9.80 Å². The number of amides is 1. The number of unbranched alkanes of at least 4 members (excludes halogenated alkanes) is 1. The van der Waals surface area contributed by atoms with Gasteiger partial charge in [-0.2, -0.15) is 0 Å². The van der Waals surface area contributed by atoms with Crippen LogP contribution in [0.15, 0.2) is 0 Å². The molecule has 0 aromatic heterocycles. The lowest BCUT2D eigenvalue weighted by atomic mass is 10.1. The van der Waals surface area contributed by atoms with Gasteiger partial charge in [0.25, 0.3) is 0 Å². The number of carbonyl (C=O) groups is 1. The Morgan fingerprint density at radius 1 is 1.37 bits per heavy atom. The van der Waals surface area contributed by atoms with Crippen LogP contribution in [0, 0.1) is 0 Å². The summed E-state index contributed by atoms with van der Waals surface area (Å²) in [4.78, 5) is 16.7. The maximum Gasteiger partial charge on any atom is 0.241 e. The van der Waals surface area contributed by atoms with E-state index in [1.165, 1.54) is 0 Å². The number of rotatable bonds is 8. The van der Waals surface area contributed by atoms with Crippen molar-refractivity contribution >= 4 is 5.91 Å². The maximum atomic E-state index is 12.4. The van der Waals surface area contributed by atoms with Gasteiger partial charge in [-0.05, 0) is 33.7 Å². The van der Waals surface area contributed by atoms with Gasteiger partial charge in [-0.15, -0.1) is 0 Å². The fraction of sp³-hybridized carbons (Fsp3) is 0.933. The Labute approximate surface area is 118 Å². The summed E-state index contributed by atoms with van der Waals surface area (Å²) in [5.41, 5.74) is 0. The largest absolute Gasteiger partial charge is 0.325 e. The second-order valence-electron chi connectivity index (χ2n) is 5.89. The van der Waals surface area contributed by atoms with Crippen molar-refractivity contribution in [1.82, 2.24) is 15.1 Å². The number of carbonyl (C=O) groups excluding carboxylic acids is 1. The van der Waals surface area contributed by atoms with E-state index in [1.54, 1.807) is 0 Å². The van der Waals surface area contributed by atoms with E-state index in [0.29, 0.717) is 11.9 Å². The molecule has 1 aliphatic heterocycles. The van der Waals surface area contributed by atoms with Gasteiger partial charge in [0, 0.05) is 19.1 Å². The summed E-state index contributed by atoms with van der Waals surface area (Å²) in [6, 6.07) is 0.580. The summed E-state index contributed by atoms with van der Waals surface area (Å²) in [5, 5.41) is 3.49. The predicted octanol–water partition coefficient (Wildman–Crippen LogP) is 2.05. The molecule has 2 unspecified atom stereocenters. The number of nitrogens with zero attached hydrogens (tertiary/aromatic N) is 2. The van der Waals surface area contributed by atoms with E-state index < -0.39 is 0 Å². The second-order valence-corrected chi connectivity index (χ2v) is 5.89. The van der Waals surface area contributed by atoms with Gasteiger partial charge in [0.1, 0.15) is 0 Å². The molecule has 1 heterocycles. The van der Waals surface area contributed by atoms with Crippen molar-refractivity contribution in [3.63, 3.8) is 0 Å². The zero-order chi connectivity index (χ0) is 14.4. The highest BCUT2D eigenvalue weighted by Gasteiger charge is 2.36. The topological polar surface area (TPSA) is 35.6 Å². The number of hydrogen-bond acceptors (Lipinski definition) is 3. The third-order valence-electron chi connectivity index (χ3n) is 4.16. The third kappa shape index (κ3) is 4.46. The normalized spacial score (nSPS) is 23.9. The Morgan fingerprint density at radius 3 is 2.58 bits per heavy atom. The van der Waals surface area contributed by atoms with Crippen LogP contribution in [0.3, 0.4) is 0 Å². The van der Waals surface area contributed by atoms with Crippen molar-refractivity contribution in [3.8, 4) is 0 Å². The summed E-state index contributed by atoms with van der Waals surface area (Å²) in [7, 11) is 2.12. The smallest absolute Gasteiger partial charge is 0.241 e. The summed E-state index contributed by atoms with van der Waals surface area (Å²) < 4.78 is 0. The van der Waals surface area contributed by atoms with Gasteiger partial charge in [-0.25, -0.2) is 0 Å². The van der Waals surface area contributed by atoms with Gasteiger partial charge in [0.2, 0.25) is 5.91 Å². The molecular formula is C15H31N3O. The molecule has 0 aromatic carbocycles. The minimum absolute atomic E-state index is 0.0502. The first kappa shape index (κ1) is 16.4. The van der Waals surface area contributed by atoms with Crippen LogP contribution in [-0.2, 0) is 4.79 Å². The van der Waals surface area contributed by atoms with Crippen LogP contribution >= 0.6 is 0 Å². The summed E-state index contributed by atoms with van der Waals surface area (Å²) in [6.45, 7) is 10.5.